The molecule has 0 N–H and O–H groups in total. The van der Waals surface area contributed by atoms with E-state index in [9.17, 15) is 18.0 Å². The molecule has 0 saturated carbocycles. The van der Waals surface area contributed by atoms with Crippen molar-refractivity contribution in [3.05, 3.63) is 35.4 Å². The summed E-state index contributed by atoms with van der Waals surface area (Å²) in [5.74, 6) is -0.0418. The third-order valence-corrected chi connectivity index (χ3v) is 3.11. The zero-order valence-electron chi connectivity index (χ0n) is 8.51. The summed E-state index contributed by atoms with van der Waals surface area (Å²) in [7, 11) is 0. The van der Waals surface area contributed by atoms with Gasteiger partial charge < -0.3 is 0 Å². The van der Waals surface area contributed by atoms with Gasteiger partial charge in [0.05, 0.1) is 10.4 Å². The SMILES string of the molecule is CC(=O)C(Br)Cc1ccc(C(F)(F)F)cc1. The molecule has 0 aliphatic heterocycles. The van der Waals surface area contributed by atoms with Crippen molar-refractivity contribution in [2.24, 2.45) is 0 Å². The number of carbonyl (C=O) groups is 1. The Labute approximate surface area is 99.8 Å². The second-order valence-corrected chi connectivity index (χ2v) is 4.58. The highest BCUT2D eigenvalue weighted by Crippen LogP contribution is 2.29. The fourth-order valence-corrected chi connectivity index (χ4v) is 1.55. The molecule has 0 saturated heterocycles. The van der Waals surface area contributed by atoms with Crippen molar-refractivity contribution < 1.29 is 18.0 Å². The van der Waals surface area contributed by atoms with E-state index in [1.54, 1.807) is 0 Å². The Bertz CT molecular complexity index is 370. The van der Waals surface area contributed by atoms with Crippen LogP contribution in [0.5, 0.6) is 0 Å². The molecule has 0 radical (unpaired) electrons. The van der Waals surface area contributed by atoms with E-state index in [1.807, 2.05) is 0 Å². The molecule has 0 aliphatic carbocycles. The number of benzene rings is 1. The van der Waals surface area contributed by atoms with Crippen molar-refractivity contribution >= 4 is 21.7 Å². The smallest absolute Gasteiger partial charge is 0.299 e. The van der Waals surface area contributed by atoms with Crippen LogP contribution in [0.1, 0.15) is 18.1 Å². The summed E-state index contributed by atoms with van der Waals surface area (Å²) in [6.07, 6.45) is -3.92. The number of alkyl halides is 4. The number of ketones is 1. The molecular formula is C11H10BrF3O. The maximum absolute atomic E-state index is 12.2. The Kier molecular flexibility index (Phi) is 4.13. The standard InChI is InChI=1S/C11H10BrF3O/c1-7(16)10(12)6-8-2-4-9(5-3-8)11(13,14)15/h2-5,10H,6H2,1H3. The van der Waals surface area contributed by atoms with Crippen LogP contribution < -0.4 is 0 Å². The Morgan fingerprint density at radius 1 is 1.31 bits per heavy atom. The molecule has 0 aromatic heterocycles. The van der Waals surface area contributed by atoms with Crippen LogP contribution >= 0.6 is 15.9 Å². The van der Waals surface area contributed by atoms with Crippen molar-refractivity contribution in [2.45, 2.75) is 24.3 Å². The summed E-state index contributed by atoms with van der Waals surface area (Å²) in [5.41, 5.74) is 0.0234. The van der Waals surface area contributed by atoms with E-state index >= 15 is 0 Å². The zero-order chi connectivity index (χ0) is 12.3. The highest BCUT2D eigenvalue weighted by Gasteiger charge is 2.29. The van der Waals surface area contributed by atoms with E-state index in [1.165, 1.54) is 19.1 Å². The lowest BCUT2D eigenvalue weighted by Crippen LogP contribution is -2.13. The molecule has 0 bridgehead atoms. The van der Waals surface area contributed by atoms with E-state index in [0.29, 0.717) is 12.0 Å². The second kappa shape index (κ2) is 4.99. The molecule has 1 rings (SSSR count). The van der Waals surface area contributed by atoms with Crippen molar-refractivity contribution in [2.75, 3.05) is 0 Å². The highest BCUT2D eigenvalue weighted by atomic mass is 79.9. The molecule has 0 spiro atoms. The number of halogens is 4. The van der Waals surface area contributed by atoms with Gasteiger partial charge in [-0.25, -0.2) is 0 Å². The normalized spacial score (nSPS) is 13.6. The first-order valence-corrected chi connectivity index (χ1v) is 5.53. The van der Waals surface area contributed by atoms with E-state index in [-0.39, 0.29) is 10.6 Å². The fourth-order valence-electron chi connectivity index (χ4n) is 1.18. The van der Waals surface area contributed by atoms with Crippen LogP contribution in [0.3, 0.4) is 0 Å². The maximum Gasteiger partial charge on any atom is 0.416 e. The summed E-state index contributed by atoms with van der Waals surface area (Å²) in [6, 6.07) is 4.82. The van der Waals surface area contributed by atoms with Crippen LogP contribution in [-0.2, 0) is 17.4 Å². The maximum atomic E-state index is 12.2. The first-order valence-electron chi connectivity index (χ1n) is 4.61. The van der Waals surface area contributed by atoms with Gasteiger partial charge in [0.15, 0.2) is 0 Å². The largest absolute Gasteiger partial charge is 0.416 e. The van der Waals surface area contributed by atoms with Crippen molar-refractivity contribution in [1.29, 1.82) is 0 Å². The van der Waals surface area contributed by atoms with Crippen LogP contribution in [0.4, 0.5) is 13.2 Å². The molecule has 5 heteroatoms. The summed E-state index contributed by atoms with van der Waals surface area (Å²) >= 11 is 3.17. The zero-order valence-corrected chi connectivity index (χ0v) is 10.1. The fraction of sp³-hybridized carbons (Fsp3) is 0.364. The molecule has 1 atom stereocenters. The van der Waals surface area contributed by atoms with Gasteiger partial charge in [-0.05, 0) is 31.0 Å². The van der Waals surface area contributed by atoms with E-state index in [0.717, 1.165) is 12.1 Å². The minimum absolute atomic E-state index is 0.0418. The molecule has 0 fully saturated rings. The summed E-state index contributed by atoms with van der Waals surface area (Å²) < 4.78 is 36.7. The average molecular weight is 295 g/mol. The van der Waals surface area contributed by atoms with Gasteiger partial charge in [-0.2, -0.15) is 13.2 Å². The Morgan fingerprint density at radius 2 is 1.81 bits per heavy atom. The summed E-state index contributed by atoms with van der Waals surface area (Å²) in [4.78, 5) is 10.6. The number of hydrogen-bond donors (Lipinski definition) is 0. The van der Waals surface area contributed by atoms with Crippen LogP contribution in [0, 0.1) is 0 Å². The average Bonchev–Trinajstić information content (AvgIpc) is 2.17. The lowest BCUT2D eigenvalue weighted by molar-refractivity contribution is -0.137. The Hall–Kier alpha value is -0.840. The minimum Gasteiger partial charge on any atom is -0.299 e. The Morgan fingerprint density at radius 3 is 2.19 bits per heavy atom. The predicted octanol–water partition coefficient (Wildman–Crippen LogP) is 3.60. The third-order valence-electron chi connectivity index (χ3n) is 2.14. The van der Waals surface area contributed by atoms with Gasteiger partial charge in [-0.15, -0.1) is 0 Å². The highest BCUT2D eigenvalue weighted by molar-refractivity contribution is 9.10. The molecule has 1 nitrogen and oxygen atoms in total. The first-order chi connectivity index (χ1) is 7.30. The van der Waals surface area contributed by atoms with Gasteiger partial charge >= 0.3 is 6.18 Å². The minimum atomic E-state index is -4.31. The molecule has 16 heavy (non-hydrogen) atoms. The van der Waals surface area contributed by atoms with Crippen LogP contribution in [-0.4, -0.2) is 10.6 Å². The van der Waals surface area contributed by atoms with Crippen molar-refractivity contribution in [3.8, 4) is 0 Å². The summed E-state index contributed by atoms with van der Waals surface area (Å²) in [6.45, 7) is 1.43. The molecular weight excluding hydrogens is 285 g/mol. The molecule has 1 aromatic carbocycles. The molecule has 1 aromatic rings. The van der Waals surface area contributed by atoms with Gasteiger partial charge in [-0.1, -0.05) is 28.1 Å². The van der Waals surface area contributed by atoms with E-state index < -0.39 is 11.7 Å². The molecule has 0 amide bonds. The number of hydrogen-bond acceptors (Lipinski definition) is 1. The van der Waals surface area contributed by atoms with E-state index in [2.05, 4.69) is 15.9 Å². The monoisotopic (exact) mass is 294 g/mol. The molecule has 1 unspecified atom stereocenters. The van der Waals surface area contributed by atoms with Crippen molar-refractivity contribution in [1.82, 2.24) is 0 Å². The lowest BCUT2D eigenvalue weighted by atomic mass is 10.1. The topological polar surface area (TPSA) is 17.1 Å². The summed E-state index contributed by atoms with van der Waals surface area (Å²) in [5, 5.41) is 0. The van der Waals surface area contributed by atoms with Gasteiger partial charge in [0, 0.05) is 0 Å². The number of rotatable bonds is 3. The van der Waals surface area contributed by atoms with Crippen molar-refractivity contribution in [3.63, 3.8) is 0 Å². The lowest BCUT2D eigenvalue weighted by Gasteiger charge is -2.09. The number of Topliss-reactive ketones (excluding diaryl/α,β-unsaturated/α-hetero) is 1. The first kappa shape index (κ1) is 13.2. The third kappa shape index (κ3) is 3.63. The van der Waals surface area contributed by atoms with Gasteiger partial charge in [0.25, 0.3) is 0 Å². The number of carbonyl (C=O) groups excluding carboxylic acids is 1. The van der Waals surface area contributed by atoms with Crippen LogP contribution in [0.2, 0.25) is 0 Å². The van der Waals surface area contributed by atoms with Crippen LogP contribution in [0.15, 0.2) is 24.3 Å². The van der Waals surface area contributed by atoms with Gasteiger partial charge in [0.2, 0.25) is 0 Å². The van der Waals surface area contributed by atoms with Gasteiger partial charge in [-0.3, -0.25) is 4.79 Å². The second-order valence-electron chi connectivity index (χ2n) is 3.48. The molecule has 88 valence electrons. The quantitative estimate of drug-likeness (QED) is 0.779. The predicted molar refractivity (Wildman–Crippen MR) is 58.5 cm³/mol. The molecule has 0 aliphatic rings. The van der Waals surface area contributed by atoms with Gasteiger partial charge in [0.1, 0.15) is 5.78 Å². The van der Waals surface area contributed by atoms with E-state index in [4.69, 9.17) is 0 Å². The Balaban J connectivity index is 2.76. The van der Waals surface area contributed by atoms with Crippen LogP contribution in [0.25, 0.3) is 0 Å². The molecule has 0 heterocycles.